The van der Waals surface area contributed by atoms with Gasteiger partial charge in [-0.1, -0.05) is 40.0 Å². The summed E-state index contributed by atoms with van der Waals surface area (Å²) in [5.41, 5.74) is 0. The van der Waals surface area contributed by atoms with E-state index in [0.29, 0.717) is 19.3 Å². The smallest absolute Gasteiger partial charge is 0.550 e. The Morgan fingerprint density at radius 1 is 0.632 bits per heavy atom. The molecule has 0 aromatic rings. The number of carbonyl (C=O) groups excluding carboxylic acids is 3. The van der Waals surface area contributed by atoms with Gasteiger partial charge in [0.15, 0.2) is 0 Å². The monoisotopic (exact) mass is 425 g/mol. The van der Waals surface area contributed by atoms with Gasteiger partial charge in [0.2, 0.25) is 0 Å². The SMILES string of the molecule is CCCC(=O)[O-].CCCC(=O)[O-].CCCC(=O)[O-].[Dy+3]. The molecular weight excluding hydrogens is 403 g/mol. The van der Waals surface area contributed by atoms with Crippen LogP contribution in [0.25, 0.3) is 0 Å². The van der Waals surface area contributed by atoms with Gasteiger partial charge in [0.1, 0.15) is 0 Å². The van der Waals surface area contributed by atoms with Gasteiger partial charge in [0.25, 0.3) is 0 Å². The van der Waals surface area contributed by atoms with E-state index in [-0.39, 0.29) is 57.4 Å². The molecule has 0 rings (SSSR count). The predicted octanol–water partition coefficient (Wildman–Crippen LogP) is -1.39. The number of hydrogen-bond acceptors (Lipinski definition) is 6. The molecule has 6 nitrogen and oxygen atoms in total. The first-order chi connectivity index (χ1) is 8.31. The topological polar surface area (TPSA) is 120 Å². The van der Waals surface area contributed by atoms with Crippen LogP contribution in [0.3, 0.4) is 0 Å². The first-order valence-corrected chi connectivity index (χ1v) is 5.91. The van der Waals surface area contributed by atoms with Crippen molar-refractivity contribution >= 4 is 17.9 Å². The first kappa shape index (κ1) is 27.1. The fourth-order valence-electron chi connectivity index (χ4n) is 0.612. The van der Waals surface area contributed by atoms with Gasteiger partial charge in [0, 0.05) is 17.9 Å². The summed E-state index contributed by atoms with van der Waals surface area (Å²) >= 11 is 0. The number of carboxylic acid groups (broad SMARTS) is 3. The molecule has 0 aromatic carbocycles. The molecule has 0 N–H and O–H groups in total. The third-order valence-electron chi connectivity index (χ3n) is 1.36. The van der Waals surface area contributed by atoms with E-state index in [2.05, 4.69) is 0 Å². The average Bonchev–Trinajstić information content (AvgIpc) is 2.18. The van der Waals surface area contributed by atoms with Gasteiger partial charge in [-0.3, -0.25) is 0 Å². The van der Waals surface area contributed by atoms with Gasteiger partial charge in [-0.05, 0) is 19.3 Å². The molecule has 115 valence electrons. The Kier molecular flexibility index (Phi) is 32.6. The molecule has 0 fully saturated rings. The summed E-state index contributed by atoms with van der Waals surface area (Å²) < 4.78 is 0. The maximum Gasteiger partial charge on any atom is 3.00 e. The zero-order valence-electron chi connectivity index (χ0n) is 11.5. The Balaban J connectivity index is -0.0000000865. The van der Waals surface area contributed by atoms with Crippen LogP contribution < -0.4 is 15.3 Å². The van der Waals surface area contributed by atoms with Gasteiger partial charge in [-0.2, -0.15) is 0 Å². The van der Waals surface area contributed by atoms with Crippen LogP contribution in [0, 0.1) is 38.2 Å². The number of carboxylic acids is 3. The van der Waals surface area contributed by atoms with Crippen molar-refractivity contribution < 1.29 is 67.9 Å². The van der Waals surface area contributed by atoms with Crippen molar-refractivity contribution in [3.05, 3.63) is 0 Å². The standard InChI is InChI=1S/3C4H8O2.Dy/c3*1-2-3-4(5)6;/h3*2-3H2,1H3,(H,5,6);/q;;;+3/p-3. The van der Waals surface area contributed by atoms with E-state index in [4.69, 9.17) is 0 Å². The second kappa shape index (κ2) is 22.8. The van der Waals surface area contributed by atoms with Crippen LogP contribution >= 0.6 is 0 Å². The third-order valence-corrected chi connectivity index (χ3v) is 1.36. The summed E-state index contributed by atoms with van der Waals surface area (Å²) in [5, 5.41) is 28.5. The van der Waals surface area contributed by atoms with Crippen molar-refractivity contribution in [2.45, 2.75) is 59.3 Å². The molecule has 0 aliphatic heterocycles. The van der Waals surface area contributed by atoms with E-state index in [0.717, 1.165) is 0 Å². The number of rotatable bonds is 6. The van der Waals surface area contributed by atoms with Crippen molar-refractivity contribution in [1.29, 1.82) is 0 Å². The van der Waals surface area contributed by atoms with Gasteiger partial charge in [-0.25, -0.2) is 0 Å². The van der Waals surface area contributed by atoms with Crippen molar-refractivity contribution in [2.75, 3.05) is 0 Å². The predicted molar refractivity (Wildman–Crippen MR) is 59.7 cm³/mol. The number of hydrogen-bond donors (Lipinski definition) is 0. The van der Waals surface area contributed by atoms with Gasteiger partial charge in [-0.15, -0.1) is 0 Å². The van der Waals surface area contributed by atoms with Crippen LogP contribution in [0.15, 0.2) is 0 Å². The normalized spacial score (nSPS) is 7.74. The molecule has 0 heterocycles. The zero-order chi connectivity index (χ0) is 15.0. The summed E-state index contributed by atoms with van der Waals surface area (Å²) in [7, 11) is 0. The fourth-order valence-corrected chi connectivity index (χ4v) is 0.612. The van der Waals surface area contributed by atoms with Crippen molar-refractivity contribution in [1.82, 2.24) is 0 Å². The van der Waals surface area contributed by atoms with E-state index in [1.54, 1.807) is 20.8 Å². The maximum absolute atomic E-state index is 9.49. The molecule has 0 amide bonds. The van der Waals surface area contributed by atoms with Gasteiger partial charge >= 0.3 is 38.2 Å². The Morgan fingerprint density at radius 2 is 0.789 bits per heavy atom. The Morgan fingerprint density at radius 3 is 0.789 bits per heavy atom. The summed E-state index contributed by atoms with van der Waals surface area (Å²) in [6, 6.07) is 0. The second-order valence-electron chi connectivity index (χ2n) is 3.37. The Labute approximate surface area is 144 Å². The quantitative estimate of drug-likeness (QED) is 0.518. The fraction of sp³-hybridized carbons (Fsp3) is 0.750. The molecule has 0 saturated heterocycles. The Bertz CT molecular complexity index is 192. The molecule has 0 aliphatic carbocycles. The van der Waals surface area contributed by atoms with Crippen LogP contribution in [-0.2, 0) is 14.4 Å². The van der Waals surface area contributed by atoms with Crippen LogP contribution in [0.1, 0.15) is 59.3 Å². The van der Waals surface area contributed by atoms with Crippen LogP contribution in [0.5, 0.6) is 0 Å². The molecule has 0 bridgehead atoms. The summed E-state index contributed by atoms with van der Waals surface area (Å²) in [6.45, 7) is 5.40. The third kappa shape index (κ3) is 57.7. The number of carbonyl (C=O) groups is 3. The van der Waals surface area contributed by atoms with Crippen LogP contribution in [0.2, 0.25) is 0 Å². The van der Waals surface area contributed by atoms with E-state index < -0.39 is 17.9 Å². The molecule has 0 atom stereocenters. The summed E-state index contributed by atoms with van der Waals surface area (Å²) in [6.07, 6.45) is 2.55. The van der Waals surface area contributed by atoms with Crippen molar-refractivity contribution in [2.24, 2.45) is 0 Å². The molecule has 19 heavy (non-hydrogen) atoms. The molecular formula is C12H21DyO6. The first-order valence-electron chi connectivity index (χ1n) is 5.91. The minimum Gasteiger partial charge on any atom is -0.550 e. The summed E-state index contributed by atoms with van der Waals surface area (Å²) in [5.74, 6) is -2.88. The molecule has 0 aliphatic rings. The average molecular weight is 424 g/mol. The van der Waals surface area contributed by atoms with E-state index in [9.17, 15) is 29.7 Å². The largest absolute Gasteiger partial charge is 3.00 e. The van der Waals surface area contributed by atoms with Gasteiger partial charge in [0.05, 0.1) is 0 Å². The minimum absolute atomic E-state index is 0. The maximum atomic E-state index is 9.49. The van der Waals surface area contributed by atoms with E-state index in [1.165, 1.54) is 0 Å². The molecule has 1 radical (unpaired) electrons. The number of aliphatic carboxylic acids is 3. The van der Waals surface area contributed by atoms with Crippen LogP contribution in [0.4, 0.5) is 0 Å². The molecule has 7 heteroatoms. The van der Waals surface area contributed by atoms with Crippen LogP contribution in [-0.4, -0.2) is 17.9 Å². The van der Waals surface area contributed by atoms with Crippen molar-refractivity contribution in [3.8, 4) is 0 Å². The minimum atomic E-state index is -0.961. The molecule has 0 spiro atoms. The van der Waals surface area contributed by atoms with Gasteiger partial charge < -0.3 is 29.7 Å². The van der Waals surface area contributed by atoms with E-state index in [1.807, 2.05) is 0 Å². The summed E-state index contributed by atoms with van der Waals surface area (Å²) in [4.78, 5) is 28.5. The molecule has 0 aromatic heterocycles. The molecule has 0 saturated carbocycles. The zero-order valence-corrected chi connectivity index (χ0v) is 13.5. The second-order valence-corrected chi connectivity index (χ2v) is 3.37. The Hall–Kier alpha value is -0.317. The molecule has 0 unspecified atom stereocenters. The van der Waals surface area contributed by atoms with Crippen molar-refractivity contribution in [3.63, 3.8) is 0 Å². The van der Waals surface area contributed by atoms with E-state index >= 15 is 0 Å².